The van der Waals surface area contributed by atoms with E-state index in [0.717, 1.165) is 0 Å². The standard InChI is InChI=1S/C20H17FN6O3S/c1-11-16(18(22)28)17(12-6-8-14(9-7-12)27(29)30)26-19(23-11)24-20(25-26)31-10-13-4-2-3-5-15(13)21/h2-9,17H,10H2,1H3,(H2,22,28)(H,23,24,25)/t17-/m0/s1. The van der Waals surface area contributed by atoms with Crippen molar-refractivity contribution in [2.24, 2.45) is 5.73 Å². The molecule has 0 unspecified atom stereocenters. The van der Waals surface area contributed by atoms with Gasteiger partial charge in [-0.15, -0.1) is 5.10 Å². The summed E-state index contributed by atoms with van der Waals surface area (Å²) in [5.41, 5.74) is 7.46. The van der Waals surface area contributed by atoms with Crippen molar-refractivity contribution in [2.45, 2.75) is 23.9 Å². The molecular weight excluding hydrogens is 423 g/mol. The summed E-state index contributed by atoms with van der Waals surface area (Å²) in [6, 6.07) is 11.6. The summed E-state index contributed by atoms with van der Waals surface area (Å²) >= 11 is 1.25. The van der Waals surface area contributed by atoms with Gasteiger partial charge < -0.3 is 11.1 Å². The van der Waals surface area contributed by atoms with Gasteiger partial charge in [0.25, 0.3) is 5.69 Å². The SMILES string of the molecule is CC1=C(C(N)=O)[C@H](c2ccc([N+](=O)[O-])cc2)n2nc(SCc3ccccc3F)nc2N1. The van der Waals surface area contributed by atoms with E-state index in [4.69, 9.17) is 5.73 Å². The molecule has 0 saturated heterocycles. The quantitative estimate of drug-likeness (QED) is 0.341. The molecule has 1 aromatic heterocycles. The zero-order chi connectivity index (χ0) is 22.1. The smallest absolute Gasteiger partial charge is 0.269 e. The number of thioether (sulfide) groups is 1. The van der Waals surface area contributed by atoms with E-state index in [-0.39, 0.29) is 17.1 Å². The molecule has 3 N–H and O–H groups in total. The van der Waals surface area contributed by atoms with Gasteiger partial charge in [0.15, 0.2) is 0 Å². The lowest BCUT2D eigenvalue weighted by atomic mass is 9.95. The van der Waals surface area contributed by atoms with E-state index in [0.29, 0.717) is 33.7 Å². The van der Waals surface area contributed by atoms with Crippen LogP contribution in [0.15, 0.2) is 65.0 Å². The highest BCUT2D eigenvalue weighted by Gasteiger charge is 2.33. The van der Waals surface area contributed by atoms with Gasteiger partial charge in [-0.2, -0.15) is 4.98 Å². The number of halogens is 1. The van der Waals surface area contributed by atoms with Gasteiger partial charge in [0.1, 0.15) is 11.9 Å². The minimum atomic E-state index is -0.704. The van der Waals surface area contributed by atoms with Crippen LogP contribution in [0.1, 0.15) is 24.1 Å². The van der Waals surface area contributed by atoms with Crippen molar-refractivity contribution in [2.75, 3.05) is 5.32 Å². The second-order valence-corrected chi connectivity index (χ2v) is 7.76. The van der Waals surface area contributed by atoms with Crippen molar-refractivity contribution < 1.29 is 14.1 Å². The molecule has 0 radical (unpaired) electrons. The molecule has 1 aliphatic heterocycles. The molecule has 0 saturated carbocycles. The van der Waals surface area contributed by atoms with E-state index in [2.05, 4.69) is 15.4 Å². The average Bonchev–Trinajstić information content (AvgIpc) is 3.14. The number of amides is 1. The van der Waals surface area contributed by atoms with E-state index >= 15 is 0 Å². The number of nitrogens with zero attached hydrogens (tertiary/aromatic N) is 4. The van der Waals surface area contributed by atoms with Crippen LogP contribution < -0.4 is 11.1 Å². The molecule has 158 valence electrons. The Labute approximate surface area is 180 Å². The van der Waals surface area contributed by atoms with Crippen molar-refractivity contribution in [3.63, 3.8) is 0 Å². The number of benzene rings is 2. The lowest BCUT2D eigenvalue weighted by Gasteiger charge is -2.27. The number of anilines is 1. The highest BCUT2D eigenvalue weighted by Crippen LogP contribution is 2.36. The Morgan fingerprint density at radius 2 is 2.00 bits per heavy atom. The van der Waals surface area contributed by atoms with Crippen molar-refractivity contribution in [1.82, 2.24) is 14.8 Å². The minimum absolute atomic E-state index is 0.0704. The van der Waals surface area contributed by atoms with Gasteiger partial charge in [0.05, 0.1) is 10.5 Å². The fourth-order valence-electron chi connectivity index (χ4n) is 3.36. The molecule has 1 aliphatic rings. The fraction of sp³-hybridized carbons (Fsp3) is 0.150. The Kier molecular flexibility index (Phi) is 5.42. The van der Waals surface area contributed by atoms with E-state index in [1.54, 1.807) is 37.3 Å². The molecule has 3 aromatic rings. The summed E-state index contributed by atoms with van der Waals surface area (Å²) in [6.07, 6.45) is 0. The first-order valence-corrected chi connectivity index (χ1v) is 10.2. The number of hydrogen-bond acceptors (Lipinski definition) is 7. The third-order valence-corrected chi connectivity index (χ3v) is 5.72. The van der Waals surface area contributed by atoms with Gasteiger partial charge in [-0.3, -0.25) is 14.9 Å². The van der Waals surface area contributed by atoms with Crippen molar-refractivity contribution in [3.05, 3.63) is 86.9 Å². The maximum absolute atomic E-state index is 13.9. The molecule has 2 heterocycles. The van der Waals surface area contributed by atoms with Gasteiger partial charge in [-0.25, -0.2) is 9.07 Å². The minimum Gasteiger partial charge on any atom is -0.366 e. The van der Waals surface area contributed by atoms with Gasteiger partial charge in [-0.05, 0) is 36.2 Å². The van der Waals surface area contributed by atoms with Crippen molar-refractivity contribution >= 4 is 29.3 Å². The van der Waals surface area contributed by atoms with Crippen LogP contribution in [0.25, 0.3) is 0 Å². The summed E-state index contributed by atoms with van der Waals surface area (Å²) in [5, 5.41) is 18.9. The molecule has 0 spiro atoms. The van der Waals surface area contributed by atoms with Crippen LogP contribution in [-0.2, 0) is 10.5 Å². The molecule has 0 bridgehead atoms. The van der Waals surface area contributed by atoms with Crippen LogP contribution in [0, 0.1) is 15.9 Å². The van der Waals surface area contributed by atoms with E-state index in [1.807, 2.05) is 0 Å². The molecular formula is C20H17FN6O3S. The summed E-state index contributed by atoms with van der Waals surface area (Å²) in [4.78, 5) is 27.1. The molecule has 9 nitrogen and oxygen atoms in total. The summed E-state index contributed by atoms with van der Waals surface area (Å²) < 4.78 is 15.4. The highest BCUT2D eigenvalue weighted by molar-refractivity contribution is 7.98. The molecule has 0 aliphatic carbocycles. The topological polar surface area (TPSA) is 129 Å². The van der Waals surface area contributed by atoms with E-state index in [9.17, 15) is 19.3 Å². The maximum atomic E-state index is 13.9. The number of rotatable bonds is 6. The zero-order valence-corrected chi connectivity index (χ0v) is 17.1. The number of allylic oxidation sites excluding steroid dienone is 1. The first-order valence-electron chi connectivity index (χ1n) is 9.20. The maximum Gasteiger partial charge on any atom is 0.269 e. The van der Waals surface area contributed by atoms with Crippen molar-refractivity contribution in [3.8, 4) is 0 Å². The van der Waals surface area contributed by atoms with Crippen LogP contribution in [0.2, 0.25) is 0 Å². The number of nitrogens with one attached hydrogen (secondary N) is 1. The van der Waals surface area contributed by atoms with E-state index < -0.39 is 16.9 Å². The number of nitrogens with two attached hydrogens (primary N) is 1. The first-order chi connectivity index (χ1) is 14.8. The van der Waals surface area contributed by atoms with Gasteiger partial charge in [-0.1, -0.05) is 30.0 Å². The number of aromatic nitrogens is 3. The molecule has 31 heavy (non-hydrogen) atoms. The zero-order valence-electron chi connectivity index (χ0n) is 16.3. The second-order valence-electron chi connectivity index (χ2n) is 6.82. The first kappa shape index (κ1) is 20.5. The van der Waals surface area contributed by atoms with Gasteiger partial charge in [0.2, 0.25) is 17.0 Å². The Balaban J connectivity index is 1.69. The summed E-state index contributed by atoms with van der Waals surface area (Å²) in [6.45, 7) is 1.70. The normalized spacial score (nSPS) is 15.4. The Morgan fingerprint density at radius 3 is 2.65 bits per heavy atom. The van der Waals surface area contributed by atoms with Crippen LogP contribution in [0.3, 0.4) is 0 Å². The Hall–Kier alpha value is -3.73. The molecule has 1 atom stereocenters. The second kappa shape index (κ2) is 8.19. The molecule has 2 aromatic carbocycles. The van der Waals surface area contributed by atoms with Crippen LogP contribution in [0.5, 0.6) is 0 Å². The number of carbonyl (C=O) groups excluding carboxylic acids is 1. The van der Waals surface area contributed by atoms with E-state index in [1.165, 1.54) is 34.6 Å². The summed E-state index contributed by atoms with van der Waals surface area (Å²) in [7, 11) is 0. The number of nitro groups is 1. The number of nitro benzene ring substituents is 1. The fourth-order valence-corrected chi connectivity index (χ4v) is 4.17. The number of non-ortho nitro benzene ring substituents is 1. The number of fused-ring (bicyclic) bond motifs is 1. The third-order valence-electron chi connectivity index (χ3n) is 4.83. The molecule has 4 rings (SSSR count). The van der Waals surface area contributed by atoms with Gasteiger partial charge in [0, 0.05) is 23.6 Å². The highest BCUT2D eigenvalue weighted by atomic mass is 32.2. The van der Waals surface area contributed by atoms with Crippen molar-refractivity contribution in [1.29, 1.82) is 0 Å². The average molecular weight is 440 g/mol. The Morgan fingerprint density at radius 1 is 1.29 bits per heavy atom. The van der Waals surface area contributed by atoms with Gasteiger partial charge >= 0.3 is 0 Å². The largest absolute Gasteiger partial charge is 0.366 e. The Bertz CT molecular complexity index is 1210. The van der Waals surface area contributed by atoms with Crippen LogP contribution >= 0.6 is 11.8 Å². The predicted molar refractivity (Wildman–Crippen MR) is 113 cm³/mol. The lowest BCUT2D eigenvalue weighted by Crippen LogP contribution is -2.31. The summed E-state index contributed by atoms with van der Waals surface area (Å²) in [5.74, 6) is -0.237. The number of hydrogen-bond donors (Lipinski definition) is 2. The predicted octanol–water partition coefficient (Wildman–Crippen LogP) is 3.39. The third kappa shape index (κ3) is 3.99. The molecule has 11 heteroatoms. The van der Waals surface area contributed by atoms with Crippen LogP contribution in [0.4, 0.5) is 16.0 Å². The number of primary amides is 1. The monoisotopic (exact) mass is 440 g/mol. The molecule has 0 fully saturated rings. The molecule has 1 amide bonds. The van der Waals surface area contributed by atoms with Crippen LogP contribution in [-0.4, -0.2) is 25.6 Å². The lowest BCUT2D eigenvalue weighted by molar-refractivity contribution is -0.384. The number of carbonyl (C=O) groups is 1.